The predicted molar refractivity (Wildman–Crippen MR) is 138 cm³/mol. The number of aliphatic imine (C=N–C) groups is 1. The molecular weight excluding hydrogens is 475 g/mol. The first-order valence-corrected chi connectivity index (χ1v) is 13.5. The molecule has 0 N–H and O–H groups in total. The van der Waals surface area contributed by atoms with Crippen LogP contribution >= 0.6 is 35.0 Å². The number of furan rings is 1. The van der Waals surface area contributed by atoms with Crippen LogP contribution in [0.1, 0.15) is 70.0 Å². The summed E-state index contributed by atoms with van der Waals surface area (Å²) in [5.41, 5.74) is 0.739. The molecule has 3 fully saturated rings. The molecule has 0 unspecified atom stereocenters. The van der Waals surface area contributed by atoms with Crippen LogP contribution in [0.2, 0.25) is 10.0 Å². The van der Waals surface area contributed by atoms with Gasteiger partial charge in [0.2, 0.25) is 0 Å². The van der Waals surface area contributed by atoms with Gasteiger partial charge in [-0.1, -0.05) is 67.8 Å². The van der Waals surface area contributed by atoms with Crippen molar-refractivity contribution in [1.29, 1.82) is 0 Å². The summed E-state index contributed by atoms with van der Waals surface area (Å²) in [5, 5.41) is 1.83. The summed E-state index contributed by atoms with van der Waals surface area (Å²) in [5.74, 6) is 1.31. The number of benzene rings is 1. The Hall–Kier alpha value is -1.69. The van der Waals surface area contributed by atoms with Crippen molar-refractivity contribution < 1.29 is 9.21 Å². The number of halogens is 2. The van der Waals surface area contributed by atoms with Gasteiger partial charge in [-0.15, -0.1) is 0 Å². The fraction of sp³-hybridized carbons (Fsp3) is 0.462. The summed E-state index contributed by atoms with van der Waals surface area (Å²) in [6, 6.07) is 9.79. The summed E-state index contributed by atoms with van der Waals surface area (Å²) >= 11 is 14.0. The Morgan fingerprint density at radius 1 is 0.970 bits per heavy atom. The van der Waals surface area contributed by atoms with Gasteiger partial charge in [0.1, 0.15) is 11.5 Å². The van der Waals surface area contributed by atoms with Gasteiger partial charge in [-0.3, -0.25) is 14.7 Å². The van der Waals surface area contributed by atoms with E-state index < -0.39 is 0 Å². The molecule has 0 atom stereocenters. The van der Waals surface area contributed by atoms with Gasteiger partial charge in [0, 0.05) is 17.7 Å². The summed E-state index contributed by atoms with van der Waals surface area (Å²) < 4.78 is 6.04. The first kappa shape index (κ1) is 23.1. The minimum absolute atomic E-state index is 0.0557. The highest BCUT2D eigenvalue weighted by atomic mass is 35.5. The second kappa shape index (κ2) is 10.3. The zero-order valence-corrected chi connectivity index (χ0v) is 20.9. The maximum Gasteiger partial charge on any atom is 0.267 e. The first-order valence-electron chi connectivity index (χ1n) is 12.0. The summed E-state index contributed by atoms with van der Waals surface area (Å²) in [6.45, 7) is 0. The molecule has 5 rings (SSSR count). The topological polar surface area (TPSA) is 45.8 Å². The first-order chi connectivity index (χ1) is 16.1. The van der Waals surface area contributed by atoms with Gasteiger partial charge in [-0.05, 0) is 61.7 Å². The molecule has 0 spiro atoms. The van der Waals surface area contributed by atoms with E-state index in [1.807, 2.05) is 35.2 Å². The lowest BCUT2D eigenvalue weighted by Crippen LogP contribution is -2.41. The van der Waals surface area contributed by atoms with Gasteiger partial charge >= 0.3 is 0 Å². The van der Waals surface area contributed by atoms with Crippen molar-refractivity contribution in [3.8, 4) is 11.3 Å². The molecule has 3 aliphatic rings. The predicted octanol–water partition coefficient (Wildman–Crippen LogP) is 8.19. The largest absolute Gasteiger partial charge is 0.457 e. The molecule has 0 bridgehead atoms. The molecule has 1 saturated heterocycles. The molecule has 33 heavy (non-hydrogen) atoms. The Kier molecular flexibility index (Phi) is 7.19. The fourth-order valence-electron chi connectivity index (χ4n) is 5.00. The summed E-state index contributed by atoms with van der Waals surface area (Å²) in [7, 11) is 0. The number of amidine groups is 1. The van der Waals surface area contributed by atoms with Gasteiger partial charge in [-0.25, -0.2) is 0 Å². The van der Waals surface area contributed by atoms with Crippen LogP contribution in [0.15, 0.2) is 44.6 Å². The normalized spacial score (nSPS) is 23.2. The highest BCUT2D eigenvalue weighted by Crippen LogP contribution is 2.40. The van der Waals surface area contributed by atoms with E-state index in [0.29, 0.717) is 32.5 Å². The molecule has 4 nitrogen and oxygen atoms in total. The van der Waals surface area contributed by atoms with Crippen LogP contribution in [-0.2, 0) is 4.79 Å². The lowest BCUT2D eigenvalue weighted by Gasteiger charge is -2.31. The number of nitrogens with zero attached hydrogens (tertiary/aromatic N) is 2. The van der Waals surface area contributed by atoms with Gasteiger partial charge < -0.3 is 4.42 Å². The Morgan fingerprint density at radius 2 is 1.70 bits per heavy atom. The summed E-state index contributed by atoms with van der Waals surface area (Å²) in [4.78, 5) is 21.3. The SMILES string of the molecule is O=C1/C(=C/c2ccc(-c3cccc(Cl)c3Cl)o2)SC(=NC2CCCCC2)N1C1CCCCC1. The monoisotopic (exact) mass is 502 g/mol. The third-order valence-corrected chi connectivity index (χ3v) is 8.58. The van der Waals surface area contributed by atoms with Crippen LogP contribution in [0.5, 0.6) is 0 Å². The molecule has 174 valence electrons. The van der Waals surface area contributed by atoms with Crippen LogP contribution in [0, 0.1) is 0 Å². The van der Waals surface area contributed by atoms with Crippen molar-refractivity contribution in [2.24, 2.45) is 4.99 Å². The Bertz CT molecular complexity index is 1080. The Labute approximate surface area is 209 Å². The maximum absolute atomic E-state index is 13.5. The molecule has 7 heteroatoms. The van der Waals surface area contributed by atoms with Crippen LogP contribution < -0.4 is 0 Å². The minimum Gasteiger partial charge on any atom is -0.457 e. The molecule has 2 heterocycles. The number of hydrogen-bond donors (Lipinski definition) is 0. The standard InChI is InChI=1S/C26H28Cl2N2O2S/c27-21-13-7-12-20(24(21)28)22-15-14-19(32-22)16-23-25(31)30(18-10-5-2-6-11-18)26(33-23)29-17-8-3-1-4-9-17/h7,12-18H,1-6,8-11H2/b23-16-,29-26?. The van der Waals surface area contributed by atoms with Crippen LogP contribution in [-0.4, -0.2) is 28.1 Å². The van der Waals surface area contributed by atoms with Crippen LogP contribution in [0.3, 0.4) is 0 Å². The second-order valence-electron chi connectivity index (χ2n) is 9.08. The number of carbonyl (C=O) groups excluding carboxylic acids is 1. The van der Waals surface area contributed by atoms with E-state index in [1.165, 1.54) is 50.3 Å². The zero-order chi connectivity index (χ0) is 22.8. The lowest BCUT2D eigenvalue weighted by molar-refractivity contribution is -0.124. The number of amides is 1. The number of thioether (sulfide) groups is 1. The Balaban J connectivity index is 1.43. The van der Waals surface area contributed by atoms with Crippen molar-refractivity contribution in [2.45, 2.75) is 76.3 Å². The average Bonchev–Trinajstić information content (AvgIpc) is 3.41. The average molecular weight is 503 g/mol. The summed E-state index contributed by atoms with van der Waals surface area (Å²) in [6.07, 6.45) is 13.6. The fourth-order valence-corrected chi connectivity index (χ4v) is 6.49. The molecule has 0 radical (unpaired) electrons. The van der Waals surface area contributed by atoms with Gasteiger partial charge in [-0.2, -0.15) is 0 Å². The lowest BCUT2D eigenvalue weighted by atomic mass is 9.94. The smallest absolute Gasteiger partial charge is 0.267 e. The molecule has 1 aliphatic heterocycles. The van der Waals surface area contributed by atoms with Gasteiger partial charge in [0.05, 0.1) is 21.0 Å². The maximum atomic E-state index is 13.5. The molecule has 2 saturated carbocycles. The zero-order valence-electron chi connectivity index (χ0n) is 18.6. The van der Waals surface area contributed by atoms with Crippen molar-refractivity contribution in [1.82, 2.24) is 4.90 Å². The van der Waals surface area contributed by atoms with E-state index >= 15 is 0 Å². The molecule has 1 aromatic heterocycles. The van der Waals surface area contributed by atoms with E-state index in [4.69, 9.17) is 32.6 Å². The highest BCUT2D eigenvalue weighted by Gasteiger charge is 2.39. The number of rotatable bonds is 4. The van der Waals surface area contributed by atoms with Gasteiger partial charge in [0.25, 0.3) is 5.91 Å². The number of carbonyl (C=O) groups is 1. The van der Waals surface area contributed by atoms with E-state index in [0.717, 1.165) is 36.4 Å². The van der Waals surface area contributed by atoms with Crippen molar-refractivity contribution >= 4 is 52.1 Å². The van der Waals surface area contributed by atoms with E-state index in [2.05, 4.69) is 0 Å². The van der Waals surface area contributed by atoms with Crippen molar-refractivity contribution in [3.05, 3.63) is 51.0 Å². The quantitative estimate of drug-likeness (QED) is 0.395. The van der Waals surface area contributed by atoms with E-state index in [9.17, 15) is 4.79 Å². The number of hydrogen-bond acceptors (Lipinski definition) is 4. The van der Waals surface area contributed by atoms with E-state index in [-0.39, 0.29) is 11.9 Å². The third kappa shape index (κ3) is 5.06. The second-order valence-corrected chi connectivity index (χ2v) is 10.9. The molecule has 1 aromatic carbocycles. The minimum atomic E-state index is 0.0557. The molecular formula is C26H28Cl2N2O2S. The Morgan fingerprint density at radius 3 is 2.45 bits per heavy atom. The van der Waals surface area contributed by atoms with Crippen LogP contribution in [0.4, 0.5) is 0 Å². The molecule has 2 aliphatic carbocycles. The molecule has 2 aromatic rings. The highest BCUT2D eigenvalue weighted by molar-refractivity contribution is 8.18. The van der Waals surface area contributed by atoms with Crippen molar-refractivity contribution in [3.63, 3.8) is 0 Å². The molecule has 1 amide bonds. The van der Waals surface area contributed by atoms with Crippen LogP contribution in [0.25, 0.3) is 17.4 Å². The van der Waals surface area contributed by atoms with Gasteiger partial charge in [0.15, 0.2) is 5.17 Å². The van der Waals surface area contributed by atoms with Crippen molar-refractivity contribution in [2.75, 3.05) is 0 Å². The van der Waals surface area contributed by atoms with E-state index in [1.54, 1.807) is 6.07 Å². The third-order valence-electron chi connectivity index (χ3n) is 6.76.